The molecule has 1 aromatic rings. The van der Waals surface area contributed by atoms with Crippen LogP contribution in [-0.2, 0) is 9.59 Å². The van der Waals surface area contributed by atoms with E-state index < -0.39 is 12.5 Å². The van der Waals surface area contributed by atoms with Crippen LogP contribution in [0, 0.1) is 0 Å². The average molecular weight is 378 g/mol. The number of carboxylic acids is 1. The zero-order valence-electron chi connectivity index (χ0n) is 11.9. The first kappa shape index (κ1) is 18.5. The molecule has 0 saturated carbocycles. The van der Waals surface area contributed by atoms with Crippen LogP contribution in [0.2, 0.25) is 0 Å². The van der Waals surface area contributed by atoms with Crippen LogP contribution in [0.5, 0.6) is 0 Å². The van der Waals surface area contributed by atoms with Gasteiger partial charge in [0.2, 0.25) is 0 Å². The second-order valence-electron chi connectivity index (χ2n) is 4.42. The van der Waals surface area contributed by atoms with Gasteiger partial charge in [0, 0.05) is 11.9 Å². The van der Waals surface area contributed by atoms with Gasteiger partial charge in [0.05, 0.1) is 10.7 Å². The number of para-hydroxylation sites is 1. The van der Waals surface area contributed by atoms with Gasteiger partial charge in [-0.2, -0.15) is 0 Å². The Morgan fingerprint density at radius 1 is 1.32 bits per heavy atom. The summed E-state index contributed by atoms with van der Waals surface area (Å²) in [5, 5.41) is 9.65. The third-order valence-corrected chi connectivity index (χ3v) is 5.88. The number of hydrogen-bond acceptors (Lipinski definition) is 6. The van der Waals surface area contributed by atoms with Crippen molar-refractivity contribution in [1.82, 2.24) is 4.90 Å². The number of carbonyl (C=O) groups is 2. The Hall–Kier alpha value is 0.126. The molecule has 1 aromatic carbocycles. The van der Waals surface area contributed by atoms with Crippen molar-refractivity contribution in [2.24, 2.45) is 0 Å². The van der Waals surface area contributed by atoms with Crippen molar-refractivity contribution in [1.29, 1.82) is 0 Å². The van der Waals surface area contributed by atoms with Crippen LogP contribution >= 0.6 is 35.7 Å². The molecule has 1 fully saturated rings. The Morgan fingerprint density at radius 2 is 2.00 bits per heavy atom. The third kappa shape index (κ3) is 3.32. The molecule has 0 aliphatic carbocycles. The van der Waals surface area contributed by atoms with E-state index in [-0.39, 0.29) is 61.6 Å². The summed E-state index contributed by atoms with van der Waals surface area (Å²) in [7, 11) is 1.89. The Bertz CT molecular complexity index is 708. The first-order chi connectivity index (χ1) is 9.99. The summed E-state index contributed by atoms with van der Waals surface area (Å²) in [5.41, 5.74) is 1.03. The summed E-state index contributed by atoms with van der Waals surface area (Å²) >= 11 is 7.77. The smallest absolute Gasteiger partial charge is 0.480 e. The van der Waals surface area contributed by atoms with Gasteiger partial charge in [0.1, 0.15) is 15.8 Å². The van der Waals surface area contributed by atoms with E-state index in [9.17, 15) is 9.59 Å². The van der Waals surface area contributed by atoms with Crippen molar-refractivity contribution < 1.29 is 66.1 Å². The van der Waals surface area contributed by atoms with E-state index in [1.54, 1.807) is 0 Å². The van der Waals surface area contributed by atoms with Gasteiger partial charge >= 0.3 is 57.4 Å². The summed E-state index contributed by atoms with van der Waals surface area (Å²) in [5.74, 6) is -1.41. The monoisotopic (exact) mass is 377 g/mol. The zero-order chi connectivity index (χ0) is 15.1. The van der Waals surface area contributed by atoms with Gasteiger partial charge in [-0.1, -0.05) is 47.9 Å². The van der Waals surface area contributed by atoms with Crippen LogP contribution in [0.3, 0.4) is 0 Å². The first-order valence-electron chi connectivity index (χ1n) is 5.99. The molecule has 0 unspecified atom stereocenters. The Morgan fingerprint density at radius 3 is 2.64 bits per heavy atom. The van der Waals surface area contributed by atoms with Crippen LogP contribution in [0.4, 0.5) is 5.69 Å². The van der Waals surface area contributed by atoms with E-state index in [1.165, 1.54) is 11.8 Å². The summed E-state index contributed by atoms with van der Waals surface area (Å²) in [4.78, 5) is 27.8. The molecule has 1 saturated heterocycles. The van der Waals surface area contributed by atoms with Crippen molar-refractivity contribution in [2.75, 3.05) is 18.5 Å². The fourth-order valence-corrected chi connectivity index (χ4v) is 4.68. The molecule has 108 valence electrons. The Labute approximate surface area is 183 Å². The number of thioether (sulfide) groups is 2. The maximum absolute atomic E-state index is 12.4. The molecular formula is C13H10KN2O3S3+. The van der Waals surface area contributed by atoms with Gasteiger partial charge in [0.15, 0.2) is 0 Å². The largest absolute Gasteiger partial charge is 1.00 e. The SMILES string of the molecule is CN1/C(=C2\SC(=S)N(CC(=O)O)C2=O)Sc2ccccc21.[K+]. The van der Waals surface area contributed by atoms with E-state index in [2.05, 4.69) is 0 Å². The molecule has 0 spiro atoms. The van der Waals surface area contributed by atoms with Crippen LogP contribution < -0.4 is 56.3 Å². The molecule has 5 nitrogen and oxygen atoms in total. The van der Waals surface area contributed by atoms with Gasteiger partial charge in [-0.05, 0) is 12.1 Å². The number of carboxylic acid groups (broad SMARTS) is 1. The molecule has 22 heavy (non-hydrogen) atoms. The summed E-state index contributed by atoms with van der Waals surface area (Å²) in [6.45, 7) is -0.400. The molecule has 0 bridgehead atoms. The number of hydrogen-bond donors (Lipinski definition) is 1. The molecule has 2 aliphatic rings. The molecule has 2 heterocycles. The van der Waals surface area contributed by atoms with Crippen molar-refractivity contribution in [3.8, 4) is 0 Å². The van der Waals surface area contributed by atoms with E-state index in [4.69, 9.17) is 17.3 Å². The molecule has 1 N–H and O–H groups in total. The quantitative estimate of drug-likeness (QED) is 0.417. The minimum absolute atomic E-state index is 0. The van der Waals surface area contributed by atoms with Crippen molar-refractivity contribution >= 4 is 57.6 Å². The number of fused-ring (bicyclic) bond motifs is 1. The van der Waals surface area contributed by atoms with Crippen LogP contribution in [0.1, 0.15) is 0 Å². The Balaban J connectivity index is 0.00000176. The molecule has 0 radical (unpaired) electrons. The minimum atomic E-state index is -1.08. The number of anilines is 1. The summed E-state index contributed by atoms with van der Waals surface area (Å²) in [6, 6.07) is 7.85. The number of benzene rings is 1. The summed E-state index contributed by atoms with van der Waals surface area (Å²) < 4.78 is 0.287. The molecule has 1 amide bonds. The fourth-order valence-electron chi connectivity index (χ4n) is 2.10. The maximum atomic E-state index is 12.4. The third-order valence-electron chi connectivity index (χ3n) is 3.07. The van der Waals surface area contributed by atoms with Gasteiger partial charge in [-0.25, -0.2) is 0 Å². The zero-order valence-corrected chi connectivity index (χ0v) is 17.5. The molecule has 3 rings (SSSR count). The van der Waals surface area contributed by atoms with E-state index in [1.807, 2.05) is 36.2 Å². The second kappa shape index (κ2) is 7.35. The van der Waals surface area contributed by atoms with E-state index in [0.717, 1.165) is 32.3 Å². The normalized spacial score (nSPS) is 20.2. The van der Waals surface area contributed by atoms with Crippen LogP contribution in [0.25, 0.3) is 0 Å². The number of thiocarbonyl (C=S) groups is 1. The van der Waals surface area contributed by atoms with Crippen LogP contribution in [0.15, 0.2) is 39.1 Å². The predicted octanol–water partition coefficient (Wildman–Crippen LogP) is -0.653. The topological polar surface area (TPSA) is 60.9 Å². The van der Waals surface area contributed by atoms with Crippen molar-refractivity contribution in [3.63, 3.8) is 0 Å². The van der Waals surface area contributed by atoms with Gasteiger partial charge in [-0.15, -0.1) is 0 Å². The molecule has 0 aromatic heterocycles. The predicted molar refractivity (Wildman–Crippen MR) is 87.3 cm³/mol. The van der Waals surface area contributed by atoms with Crippen LogP contribution in [-0.4, -0.2) is 39.8 Å². The number of carbonyl (C=O) groups excluding carboxylic acids is 1. The van der Waals surface area contributed by atoms with E-state index >= 15 is 0 Å². The fraction of sp³-hybridized carbons (Fsp3) is 0.154. The van der Waals surface area contributed by atoms with Crippen molar-refractivity contribution in [2.45, 2.75) is 4.90 Å². The molecular weight excluding hydrogens is 367 g/mol. The second-order valence-corrected chi connectivity index (χ2v) is 7.09. The maximum Gasteiger partial charge on any atom is 1.00 e. The standard InChI is InChI=1S/C13H10N2O3S3.K/c1-14-7-4-2-3-5-8(7)20-12(14)10-11(18)15(6-9(16)17)13(19)21-10;/h2-5H,6H2,1H3,(H,16,17);/q;+1/b12-10+;. The van der Waals surface area contributed by atoms with Gasteiger partial charge < -0.3 is 10.0 Å². The number of rotatable bonds is 2. The number of amides is 1. The Kier molecular flexibility index (Phi) is 6.17. The minimum Gasteiger partial charge on any atom is -0.480 e. The van der Waals surface area contributed by atoms with Gasteiger partial charge in [0.25, 0.3) is 5.91 Å². The number of aliphatic carboxylic acids is 1. The summed E-state index contributed by atoms with van der Waals surface area (Å²) in [6.07, 6.45) is 0. The molecule has 9 heteroatoms. The average Bonchev–Trinajstić information content (AvgIpc) is 2.91. The van der Waals surface area contributed by atoms with Crippen molar-refractivity contribution in [3.05, 3.63) is 34.2 Å². The molecule has 0 atom stereocenters. The van der Waals surface area contributed by atoms with Gasteiger partial charge in [-0.3, -0.25) is 14.5 Å². The molecule has 2 aliphatic heterocycles. The number of nitrogens with zero attached hydrogens (tertiary/aromatic N) is 2. The van der Waals surface area contributed by atoms with E-state index in [0.29, 0.717) is 4.91 Å². The first-order valence-corrected chi connectivity index (χ1v) is 8.03.